The van der Waals surface area contributed by atoms with Crippen LogP contribution in [0, 0.1) is 5.92 Å². The Morgan fingerprint density at radius 3 is 2.72 bits per heavy atom. The van der Waals surface area contributed by atoms with E-state index in [2.05, 4.69) is 37.4 Å². The van der Waals surface area contributed by atoms with Gasteiger partial charge in [0.15, 0.2) is 0 Å². The normalized spacial score (nSPS) is 38.8. The summed E-state index contributed by atoms with van der Waals surface area (Å²) in [5.74, 6) is 2.05. The molecule has 0 amide bonds. The molecule has 1 aliphatic carbocycles. The molecule has 2 nitrogen and oxygen atoms in total. The van der Waals surface area contributed by atoms with Crippen LogP contribution in [0.3, 0.4) is 0 Å². The minimum absolute atomic E-state index is 0.533. The van der Waals surface area contributed by atoms with Crippen molar-refractivity contribution in [3.05, 3.63) is 0 Å². The second-order valence-electron chi connectivity index (χ2n) is 6.02. The lowest BCUT2D eigenvalue weighted by atomic mass is 9.88. The molecule has 1 saturated carbocycles. The molecule has 0 aromatic heterocycles. The third-order valence-corrected chi connectivity index (χ3v) is 6.10. The molecular weight excluding hydrogens is 242 g/mol. The second kappa shape index (κ2) is 7.16. The van der Waals surface area contributed by atoms with E-state index in [1.165, 1.54) is 38.0 Å². The molecular formula is C15H29NOS. The molecule has 4 atom stereocenters. The summed E-state index contributed by atoms with van der Waals surface area (Å²) in [6, 6.07) is 0.705. The van der Waals surface area contributed by atoms with Crippen LogP contribution < -0.4 is 0 Å². The molecule has 0 aromatic carbocycles. The van der Waals surface area contributed by atoms with Gasteiger partial charge < -0.3 is 4.74 Å². The first-order chi connectivity index (χ1) is 8.68. The van der Waals surface area contributed by atoms with E-state index in [1.807, 2.05) is 0 Å². The molecule has 2 aliphatic rings. The number of nitrogens with zero attached hydrogens (tertiary/aromatic N) is 1. The van der Waals surface area contributed by atoms with Crippen LogP contribution in [0.1, 0.15) is 46.5 Å². The summed E-state index contributed by atoms with van der Waals surface area (Å²) in [5, 5.41) is 0.771. The van der Waals surface area contributed by atoms with Crippen molar-refractivity contribution in [1.82, 2.24) is 4.90 Å². The van der Waals surface area contributed by atoms with Crippen LogP contribution in [0.4, 0.5) is 0 Å². The van der Waals surface area contributed by atoms with E-state index >= 15 is 0 Å². The van der Waals surface area contributed by atoms with E-state index in [4.69, 9.17) is 4.74 Å². The average molecular weight is 271 g/mol. The largest absolute Gasteiger partial charge is 0.377 e. The minimum Gasteiger partial charge on any atom is -0.377 e. The van der Waals surface area contributed by atoms with Gasteiger partial charge in [0.25, 0.3) is 0 Å². The summed E-state index contributed by atoms with van der Waals surface area (Å²) in [5.41, 5.74) is 0. The Labute approximate surface area is 117 Å². The topological polar surface area (TPSA) is 12.5 Å². The van der Waals surface area contributed by atoms with Gasteiger partial charge in [0.2, 0.25) is 0 Å². The van der Waals surface area contributed by atoms with Crippen LogP contribution >= 0.6 is 11.8 Å². The Hall–Kier alpha value is 0.270. The smallest absolute Gasteiger partial charge is 0.0601 e. The Kier molecular flexibility index (Phi) is 5.84. The zero-order chi connectivity index (χ0) is 13.0. The van der Waals surface area contributed by atoms with E-state index in [0.717, 1.165) is 24.3 Å². The maximum Gasteiger partial charge on any atom is 0.0601 e. The monoisotopic (exact) mass is 271 g/mol. The third-order valence-electron chi connectivity index (χ3n) is 4.76. The highest BCUT2D eigenvalue weighted by molar-refractivity contribution is 8.00. The van der Waals surface area contributed by atoms with Gasteiger partial charge in [-0.05, 0) is 25.7 Å². The van der Waals surface area contributed by atoms with Crippen molar-refractivity contribution in [1.29, 1.82) is 0 Å². The predicted octanol–water partition coefficient (Wildman–Crippen LogP) is 3.41. The van der Waals surface area contributed by atoms with Crippen LogP contribution in [0.25, 0.3) is 0 Å². The summed E-state index contributed by atoms with van der Waals surface area (Å²) in [6.07, 6.45) is 5.94. The lowest BCUT2D eigenvalue weighted by Crippen LogP contribution is -2.46. The van der Waals surface area contributed by atoms with Crippen molar-refractivity contribution in [2.45, 2.75) is 63.9 Å². The summed E-state index contributed by atoms with van der Waals surface area (Å²) in [4.78, 5) is 2.61. The molecule has 0 N–H and O–H groups in total. The Morgan fingerprint density at radius 2 is 1.94 bits per heavy atom. The van der Waals surface area contributed by atoms with Crippen molar-refractivity contribution in [3.63, 3.8) is 0 Å². The molecule has 0 spiro atoms. The third kappa shape index (κ3) is 3.88. The zero-order valence-electron chi connectivity index (χ0n) is 12.2. The van der Waals surface area contributed by atoms with Crippen molar-refractivity contribution in [2.75, 3.05) is 25.4 Å². The number of rotatable bonds is 4. The maximum absolute atomic E-state index is 6.13. The summed E-state index contributed by atoms with van der Waals surface area (Å²) in [7, 11) is 0. The van der Waals surface area contributed by atoms with Crippen molar-refractivity contribution < 1.29 is 4.74 Å². The molecule has 2 fully saturated rings. The van der Waals surface area contributed by atoms with Gasteiger partial charge in [0.05, 0.1) is 12.7 Å². The van der Waals surface area contributed by atoms with Gasteiger partial charge in [-0.2, -0.15) is 11.8 Å². The average Bonchev–Trinajstić information content (AvgIpc) is 2.37. The molecule has 0 bridgehead atoms. The number of ether oxygens (including phenoxy) is 1. The van der Waals surface area contributed by atoms with Crippen LogP contribution in [-0.2, 0) is 4.74 Å². The highest BCUT2D eigenvalue weighted by Crippen LogP contribution is 2.27. The van der Waals surface area contributed by atoms with Gasteiger partial charge in [-0.15, -0.1) is 0 Å². The van der Waals surface area contributed by atoms with E-state index < -0.39 is 0 Å². The molecule has 106 valence electrons. The summed E-state index contributed by atoms with van der Waals surface area (Å²) < 4.78 is 6.13. The first-order valence-corrected chi connectivity index (χ1v) is 8.70. The molecule has 1 aliphatic heterocycles. The summed E-state index contributed by atoms with van der Waals surface area (Å²) in [6.45, 7) is 10.4. The Bertz CT molecular complexity index is 249. The predicted molar refractivity (Wildman–Crippen MR) is 80.3 cm³/mol. The minimum atomic E-state index is 0.533. The molecule has 2 rings (SSSR count). The van der Waals surface area contributed by atoms with Gasteiger partial charge in [-0.3, -0.25) is 4.90 Å². The van der Waals surface area contributed by atoms with Crippen LogP contribution in [0.2, 0.25) is 0 Å². The van der Waals surface area contributed by atoms with Gasteiger partial charge in [-0.1, -0.05) is 26.7 Å². The van der Waals surface area contributed by atoms with E-state index in [9.17, 15) is 0 Å². The van der Waals surface area contributed by atoms with Crippen molar-refractivity contribution >= 4 is 11.8 Å². The fraction of sp³-hybridized carbons (Fsp3) is 1.00. The van der Waals surface area contributed by atoms with Crippen LogP contribution in [-0.4, -0.2) is 47.7 Å². The molecule has 3 heteroatoms. The molecule has 0 unspecified atom stereocenters. The first kappa shape index (κ1) is 14.7. The fourth-order valence-corrected chi connectivity index (χ4v) is 4.32. The van der Waals surface area contributed by atoms with Gasteiger partial charge in [0, 0.05) is 30.1 Å². The Balaban J connectivity index is 1.68. The van der Waals surface area contributed by atoms with Crippen LogP contribution in [0.15, 0.2) is 0 Å². The van der Waals surface area contributed by atoms with Gasteiger partial charge in [0.1, 0.15) is 0 Å². The van der Waals surface area contributed by atoms with Crippen molar-refractivity contribution in [2.24, 2.45) is 5.92 Å². The highest BCUT2D eigenvalue weighted by atomic mass is 32.2. The summed E-state index contributed by atoms with van der Waals surface area (Å²) >= 11 is 2.11. The SMILES string of the molecule is C[C@@H]1CCCC[C@@H]1OCCN1CCS[C@H](C)[C@@H]1C. The van der Waals surface area contributed by atoms with Crippen LogP contribution in [0.5, 0.6) is 0 Å². The highest BCUT2D eigenvalue weighted by Gasteiger charge is 2.26. The van der Waals surface area contributed by atoms with Gasteiger partial charge in [-0.25, -0.2) is 0 Å². The molecule has 1 heterocycles. The van der Waals surface area contributed by atoms with E-state index in [1.54, 1.807) is 0 Å². The standard InChI is InChI=1S/C15H29NOS/c1-12-6-4-5-7-15(12)17-10-8-16-9-11-18-14(3)13(16)2/h12-15H,4-11H2,1-3H3/t12-,13+,14-,15+/m1/s1. The number of hydrogen-bond donors (Lipinski definition) is 0. The van der Waals surface area contributed by atoms with Crippen molar-refractivity contribution in [3.8, 4) is 0 Å². The quantitative estimate of drug-likeness (QED) is 0.777. The first-order valence-electron chi connectivity index (χ1n) is 7.65. The zero-order valence-corrected chi connectivity index (χ0v) is 13.0. The Morgan fingerprint density at radius 1 is 1.17 bits per heavy atom. The lowest BCUT2D eigenvalue weighted by Gasteiger charge is -2.38. The van der Waals surface area contributed by atoms with Gasteiger partial charge >= 0.3 is 0 Å². The fourth-order valence-electron chi connectivity index (χ4n) is 3.16. The number of hydrogen-bond acceptors (Lipinski definition) is 3. The molecule has 0 aromatic rings. The molecule has 0 radical (unpaired) electrons. The lowest BCUT2D eigenvalue weighted by molar-refractivity contribution is -0.0168. The molecule has 18 heavy (non-hydrogen) atoms. The second-order valence-corrected chi connectivity index (χ2v) is 7.51. The van der Waals surface area contributed by atoms with E-state index in [-0.39, 0.29) is 0 Å². The maximum atomic E-state index is 6.13. The van der Waals surface area contributed by atoms with E-state index in [0.29, 0.717) is 12.1 Å². The molecule has 1 saturated heterocycles. The number of thioether (sulfide) groups is 1.